The highest BCUT2D eigenvalue weighted by atomic mass is 16.6. The molecule has 1 aliphatic heterocycles. The third-order valence-electron chi connectivity index (χ3n) is 3.79. The molecular weight excluding hydrogens is 256 g/mol. The van der Waals surface area contributed by atoms with Gasteiger partial charge in [-0.25, -0.2) is 0 Å². The maximum atomic E-state index is 11.2. The second-order valence-electron chi connectivity index (χ2n) is 5.15. The second kappa shape index (κ2) is 5.46. The van der Waals surface area contributed by atoms with Crippen LogP contribution in [0, 0.1) is 10.1 Å². The Balaban J connectivity index is 1.75. The number of benzene rings is 1. The third kappa shape index (κ3) is 2.58. The largest absolute Gasteiger partial charge is 0.469 e. The lowest BCUT2D eigenvalue weighted by Gasteiger charge is -2.14. The Morgan fingerprint density at radius 2 is 2.00 bits per heavy atom. The van der Waals surface area contributed by atoms with Crippen LogP contribution < -0.4 is 0 Å². The molecule has 0 saturated carbocycles. The van der Waals surface area contributed by atoms with E-state index in [-0.39, 0.29) is 10.8 Å². The molecular formula is C15H16N2O3. The molecule has 1 aromatic carbocycles. The Morgan fingerprint density at radius 3 is 2.65 bits per heavy atom. The molecule has 1 aliphatic rings. The van der Waals surface area contributed by atoms with Crippen molar-refractivity contribution in [3.05, 3.63) is 70.2 Å². The smallest absolute Gasteiger partial charge is 0.236 e. The molecule has 0 aliphatic carbocycles. The zero-order valence-corrected chi connectivity index (χ0v) is 11.0. The van der Waals surface area contributed by atoms with Gasteiger partial charge in [0, 0.05) is 18.0 Å². The van der Waals surface area contributed by atoms with Crippen molar-refractivity contribution in [2.75, 3.05) is 13.1 Å². The van der Waals surface area contributed by atoms with Gasteiger partial charge in [-0.3, -0.25) is 15.0 Å². The summed E-state index contributed by atoms with van der Waals surface area (Å²) in [4.78, 5) is 13.2. The van der Waals surface area contributed by atoms with Gasteiger partial charge >= 0.3 is 0 Å². The number of nitro groups is 1. The van der Waals surface area contributed by atoms with Crippen molar-refractivity contribution in [3.63, 3.8) is 0 Å². The molecule has 2 atom stereocenters. The summed E-state index contributed by atoms with van der Waals surface area (Å²) in [5.74, 6) is 0.547. The summed E-state index contributed by atoms with van der Waals surface area (Å²) in [6.45, 7) is 1.86. The molecule has 0 spiro atoms. The zero-order valence-electron chi connectivity index (χ0n) is 11.0. The maximum absolute atomic E-state index is 11.2. The van der Waals surface area contributed by atoms with E-state index in [1.807, 2.05) is 36.4 Å². The molecule has 0 amide bonds. The molecule has 5 heteroatoms. The minimum absolute atomic E-state index is 0.163. The Hall–Kier alpha value is -2.14. The van der Waals surface area contributed by atoms with E-state index >= 15 is 0 Å². The normalized spacial score (nSPS) is 23.0. The number of furan rings is 1. The van der Waals surface area contributed by atoms with E-state index in [0.717, 1.165) is 6.54 Å². The summed E-state index contributed by atoms with van der Waals surface area (Å²) in [5.41, 5.74) is 1.18. The van der Waals surface area contributed by atoms with E-state index in [0.29, 0.717) is 18.8 Å². The van der Waals surface area contributed by atoms with Crippen LogP contribution in [-0.4, -0.2) is 29.0 Å². The van der Waals surface area contributed by atoms with Crippen LogP contribution in [0.25, 0.3) is 0 Å². The monoisotopic (exact) mass is 272 g/mol. The van der Waals surface area contributed by atoms with Crippen molar-refractivity contribution in [1.29, 1.82) is 0 Å². The van der Waals surface area contributed by atoms with Crippen LogP contribution in [0.4, 0.5) is 0 Å². The molecule has 2 heterocycles. The Labute approximate surface area is 117 Å². The number of rotatable bonds is 4. The van der Waals surface area contributed by atoms with Crippen LogP contribution in [0.15, 0.2) is 53.1 Å². The molecule has 5 nitrogen and oxygen atoms in total. The highest BCUT2D eigenvalue weighted by Gasteiger charge is 2.43. The highest BCUT2D eigenvalue weighted by molar-refractivity contribution is 5.16. The molecule has 1 aromatic heterocycles. The lowest BCUT2D eigenvalue weighted by molar-refractivity contribution is -0.521. The molecule has 0 unspecified atom stereocenters. The summed E-state index contributed by atoms with van der Waals surface area (Å²) >= 11 is 0. The van der Waals surface area contributed by atoms with Gasteiger partial charge in [0.25, 0.3) is 0 Å². The SMILES string of the molecule is O=[N+]([O-])[C@H]1CN(Cc2ccccc2)C[C@@H]1c1ccco1. The molecule has 1 fully saturated rings. The Bertz CT molecular complexity index is 568. The van der Waals surface area contributed by atoms with Crippen LogP contribution in [0.3, 0.4) is 0 Å². The van der Waals surface area contributed by atoms with E-state index in [1.54, 1.807) is 12.3 Å². The zero-order chi connectivity index (χ0) is 13.9. The second-order valence-corrected chi connectivity index (χ2v) is 5.15. The van der Waals surface area contributed by atoms with Gasteiger partial charge < -0.3 is 4.42 Å². The molecule has 0 N–H and O–H groups in total. The fourth-order valence-corrected chi connectivity index (χ4v) is 2.83. The lowest BCUT2D eigenvalue weighted by Crippen LogP contribution is -2.27. The summed E-state index contributed by atoms with van der Waals surface area (Å²) in [7, 11) is 0. The number of hydrogen-bond donors (Lipinski definition) is 0. The van der Waals surface area contributed by atoms with Gasteiger partial charge in [0.05, 0.1) is 18.7 Å². The predicted molar refractivity (Wildman–Crippen MR) is 74.0 cm³/mol. The van der Waals surface area contributed by atoms with E-state index < -0.39 is 6.04 Å². The summed E-state index contributed by atoms with van der Waals surface area (Å²) in [6.07, 6.45) is 1.58. The Morgan fingerprint density at radius 1 is 1.20 bits per heavy atom. The number of likely N-dealkylation sites (tertiary alicyclic amines) is 1. The minimum Gasteiger partial charge on any atom is -0.469 e. The molecule has 0 radical (unpaired) electrons. The van der Waals surface area contributed by atoms with E-state index in [2.05, 4.69) is 4.90 Å². The van der Waals surface area contributed by atoms with E-state index in [9.17, 15) is 10.1 Å². The van der Waals surface area contributed by atoms with Crippen LogP contribution in [-0.2, 0) is 6.54 Å². The molecule has 2 aromatic rings. The van der Waals surface area contributed by atoms with Crippen molar-refractivity contribution >= 4 is 0 Å². The first-order chi connectivity index (χ1) is 9.74. The average Bonchev–Trinajstić information content (AvgIpc) is 3.08. The van der Waals surface area contributed by atoms with Gasteiger partial charge in [-0.05, 0) is 17.7 Å². The maximum Gasteiger partial charge on any atom is 0.236 e. The lowest BCUT2D eigenvalue weighted by atomic mass is 10.0. The van der Waals surface area contributed by atoms with E-state index in [4.69, 9.17) is 4.42 Å². The number of nitrogens with zero attached hydrogens (tertiary/aromatic N) is 2. The third-order valence-corrected chi connectivity index (χ3v) is 3.79. The van der Waals surface area contributed by atoms with Crippen LogP contribution in [0.1, 0.15) is 17.2 Å². The van der Waals surface area contributed by atoms with Crippen molar-refractivity contribution in [2.45, 2.75) is 18.5 Å². The highest BCUT2D eigenvalue weighted by Crippen LogP contribution is 2.30. The van der Waals surface area contributed by atoms with Gasteiger partial charge in [-0.15, -0.1) is 0 Å². The summed E-state index contributed by atoms with van der Waals surface area (Å²) in [6, 6.07) is 13.0. The van der Waals surface area contributed by atoms with Crippen molar-refractivity contribution in [2.24, 2.45) is 0 Å². The fourth-order valence-electron chi connectivity index (χ4n) is 2.83. The van der Waals surface area contributed by atoms with Gasteiger partial charge in [0.15, 0.2) is 0 Å². The molecule has 1 saturated heterocycles. The van der Waals surface area contributed by atoms with Crippen LogP contribution in [0.2, 0.25) is 0 Å². The molecule has 0 bridgehead atoms. The molecule has 104 valence electrons. The van der Waals surface area contributed by atoms with Gasteiger partial charge in [-0.2, -0.15) is 0 Å². The van der Waals surface area contributed by atoms with Gasteiger partial charge in [0.1, 0.15) is 5.76 Å². The van der Waals surface area contributed by atoms with Gasteiger partial charge in [0.2, 0.25) is 6.04 Å². The topological polar surface area (TPSA) is 59.5 Å². The standard InChI is InChI=1S/C15H16N2O3/c18-17(19)14-11-16(9-12-5-2-1-3-6-12)10-13(14)15-7-4-8-20-15/h1-8,13-14H,9-11H2/t13-,14-/m0/s1. The minimum atomic E-state index is -0.593. The first kappa shape index (κ1) is 12.9. The molecule has 3 rings (SSSR count). The summed E-state index contributed by atoms with van der Waals surface area (Å²) in [5, 5.41) is 11.2. The molecule has 20 heavy (non-hydrogen) atoms. The van der Waals surface area contributed by atoms with Crippen molar-refractivity contribution in [1.82, 2.24) is 4.90 Å². The van der Waals surface area contributed by atoms with E-state index in [1.165, 1.54) is 5.56 Å². The van der Waals surface area contributed by atoms with Crippen molar-refractivity contribution in [3.8, 4) is 0 Å². The average molecular weight is 272 g/mol. The Kier molecular flexibility index (Phi) is 3.52. The summed E-state index contributed by atoms with van der Waals surface area (Å²) < 4.78 is 5.37. The fraction of sp³-hybridized carbons (Fsp3) is 0.333. The number of hydrogen-bond acceptors (Lipinski definition) is 4. The first-order valence-corrected chi connectivity index (χ1v) is 6.67. The van der Waals surface area contributed by atoms with Crippen LogP contribution >= 0.6 is 0 Å². The first-order valence-electron chi connectivity index (χ1n) is 6.67. The quantitative estimate of drug-likeness (QED) is 0.634. The van der Waals surface area contributed by atoms with Crippen molar-refractivity contribution < 1.29 is 9.34 Å². The predicted octanol–water partition coefficient (Wildman–Crippen LogP) is 2.52. The van der Waals surface area contributed by atoms with Gasteiger partial charge in [-0.1, -0.05) is 30.3 Å². The van der Waals surface area contributed by atoms with Crippen LogP contribution in [0.5, 0.6) is 0 Å².